The van der Waals surface area contributed by atoms with E-state index in [1.807, 2.05) is 30.3 Å². The number of rotatable bonds is 8. The Morgan fingerprint density at radius 1 is 1.10 bits per heavy atom. The van der Waals surface area contributed by atoms with Crippen LogP contribution in [0.15, 0.2) is 47.4 Å². The van der Waals surface area contributed by atoms with Crippen molar-refractivity contribution >= 4 is 11.8 Å². The monoisotopic (exact) mass is 302 g/mol. The first-order valence-corrected chi connectivity index (χ1v) is 8.46. The van der Waals surface area contributed by atoms with Crippen LogP contribution in [0.5, 0.6) is 5.75 Å². The number of hydrogen-bond donors (Lipinski definition) is 1. The van der Waals surface area contributed by atoms with E-state index in [0.717, 1.165) is 36.6 Å². The maximum Gasteiger partial charge on any atom is 0.130 e. The minimum absolute atomic E-state index is 0.500. The number of thioether (sulfide) groups is 1. The molecule has 3 nitrogen and oxygen atoms in total. The normalized spacial score (nSPS) is 10.6. The summed E-state index contributed by atoms with van der Waals surface area (Å²) in [7, 11) is 0. The second-order valence-electron chi connectivity index (χ2n) is 4.76. The van der Waals surface area contributed by atoms with Crippen LogP contribution in [-0.2, 0) is 13.2 Å². The molecule has 0 aliphatic heterocycles. The van der Waals surface area contributed by atoms with Crippen LogP contribution in [0.1, 0.15) is 24.7 Å². The van der Waals surface area contributed by atoms with E-state index in [1.54, 1.807) is 11.8 Å². The van der Waals surface area contributed by atoms with Gasteiger partial charge in [-0.15, -0.1) is 11.8 Å². The van der Waals surface area contributed by atoms with Crippen molar-refractivity contribution in [1.29, 1.82) is 0 Å². The summed E-state index contributed by atoms with van der Waals surface area (Å²) in [5.41, 5.74) is 2.02. The summed E-state index contributed by atoms with van der Waals surface area (Å²) in [4.78, 5) is 5.84. The van der Waals surface area contributed by atoms with E-state index >= 15 is 0 Å². The number of hydrogen-bond acceptors (Lipinski definition) is 4. The number of aromatic nitrogens is 1. The highest BCUT2D eigenvalue weighted by molar-refractivity contribution is 7.98. The number of nitrogens with zero attached hydrogens (tertiary/aromatic N) is 1. The maximum absolute atomic E-state index is 5.78. The van der Waals surface area contributed by atoms with Crippen LogP contribution in [-0.4, -0.2) is 17.8 Å². The topological polar surface area (TPSA) is 34.1 Å². The Bertz CT molecular complexity index is 543. The molecule has 1 aromatic heterocycles. The Kier molecular flexibility index (Phi) is 6.57. The number of benzene rings is 1. The van der Waals surface area contributed by atoms with Gasteiger partial charge >= 0.3 is 0 Å². The first-order chi connectivity index (χ1) is 10.3. The lowest BCUT2D eigenvalue weighted by Crippen LogP contribution is -2.15. The molecule has 0 spiro atoms. The summed E-state index contributed by atoms with van der Waals surface area (Å²) in [6, 6.07) is 14.2. The second-order valence-corrected chi connectivity index (χ2v) is 5.64. The lowest BCUT2D eigenvalue weighted by Gasteiger charge is -2.08. The highest BCUT2D eigenvalue weighted by Gasteiger charge is 2.00. The fourth-order valence-corrected chi connectivity index (χ4v) is 2.34. The smallest absolute Gasteiger partial charge is 0.130 e. The third-order valence-corrected chi connectivity index (χ3v) is 3.79. The molecule has 0 radical (unpaired) electrons. The van der Waals surface area contributed by atoms with E-state index in [2.05, 4.69) is 35.6 Å². The standard InChI is InChI=1S/C17H22N2OS/c1-3-11-18-12-14-5-4-6-15(19-14)13-20-16-7-9-17(21-2)10-8-16/h4-10,18H,3,11-13H2,1-2H3. The highest BCUT2D eigenvalue weighted by atomic mass is 32.2. The molecule has 112 valence electrons. The van der Waals surface area contributed by atoms with E-state index in [4.69, 9.17) is 4.74 Å². The van der Waals surface area contributed by atoms with Crippen LogP contribution in [0.3, 0.4) is 0 Å². The van der Waals surface area contributed by atoms with E-state index in [0.29, 0.717) is 6.61 Å². The number of ether oxygens (including phenoxy) is 1. The molecule has 0 atom stereocenters. The highest BCUT2D eigenvalue weighted by Crippen LogP contribution is 2.19. The van der Waals surface area contributed by atoms with Gasteiger partial charge in [-0.05, 0) is 55.6 Å². The first-order valence-electron chi connectivity index (χ1n) is 7.24. The fraction of sp³-hybridized carbons (Fsp3) is 0.353. The molecule has 1 aromatic carbocycles. The minimum atomic E-state index is 0.500. The van der Waals surface area contributed by atoms with Crippen molar-refractivity contribution in [2.75, 3.05) is 12.8 Å². The van der Waals surface area contributed by atoms with Gasteiger partial charge in [0.05, 0.1) is 11.4 Å². The molecular formula is C17H22N2OS. The predicted octanol–water partition coefficient (Wildman–Crippen LogP) is 3.88. The molecule has 0 saturated heterocycles. The van der Waals surface area contributed by atoms with E-state index in [-0.39, 0.29) is 0 Å². The van der Waals surface area contributed by atoms with Crippen molar-refractivity contribution in [3.05, 3.63) is 53.9 Å². The molecule has 0 unspecified atom stereocenters. The van der Waals surface area contributed by atoms with Gasteiger partial charge in [0, 0.05) is 11.4 Å². The van der Waals surface area contributed by atoms with Crippen molar-refractivity contribution in [3.63, 3.8) is 0 Å². The third kappa shape index (κ3) is 5.40. The van der Waals surface area contributed by atoms with Crippen molar-refractivity contribution in [3.8, 4) is 5.75 Å². The molecule has 1 heterocycles. The zero-order valence-corrected chi connectivity index (χ0v) is 13.5. The minimum Gasteiger partial charge on any atom is -0.487 e. The van der Waals surface area contributed by atoms with Crippen molar-refractivity contribution in [2.45, 2.75) is 31.4 Å². The van der Waals surface area contributed by atoms with Crippen LogP contribution in [0.4, 0.5) is 0 Å². The lowest BCUT2D eigenvalue weighted by atomic mass is 10.3. The van der Waals surface area contributed by atoms with Crippen LogP contribution < -0.4 is 10.1 Å². The van der Waals surface area contributed by atoms with E-state index < -0.39 is 0 Å². The van der Waals surface area contributed by atoms with Gasteiger partial charge in [-0.25, -0.2) is 0 Å². The third-order valence-electron chi connectivity index (χ3n) is 3.04. The van der Waals surface area contributed by atoms with Gasteiger partial charge in [0.2, 0.25) is 0 Å². The van der Waals surface area contributed by atoms with Gasteiger partial charge in [0.1, 0.15) is 12.4 Å². The molecule has 0 fully saturated rings. The van der Waals surface area contributed by atoms with Gasteiger partial charge in [-0.1, -0.05) is 13.0 Å². The lowest BCUT2D eigenvalue weighted by molar-refractivity contribution is 0.300. The average molecular weight is 302 g/mol. The Morgan fingerprint density at radius 3 is 2.57 bits per heavy atom. The molecule has 0 amide bonds. The van der Waals surface area contributed by atoms with Crippen molar-refractivity contribution in [1.82, 2.24) is 10.3 Å². The summed E-state index contributed by atoms with van der Waals surface area (Å²) in [5, 5.41) is 3.36. The van der Waals surface area contributed by atoms with Crippen LogP contribution in [0, 0.1) is 0 Å². The molecule has 0 aliphatic carbocycles. The molecule has 0 bridgehead atoms. The molecule has 0 aliphatic rings. The molecule has 1 N–H and O–H groups in total. The van der Waals surface area contributed by atoms with E-state index in [1.165, 1.54) is 4.90 Å². The molecule has 4 heteroatoms. The largest absolute Gasteiger partial charge is 0.487 e. The molecule has 2 rings (SSSR count). The Balaban J connectivity index is 1.88. The number of pyridine rings is 1. The van der Waals surface area contributed by atoms with Gasteiger partial charge in [0.15, 0.2) is 0 Å². The van der Waals surface area contributed by atoms with Crippen LogP contribution >= 0.6 is 11.8 Å². The second kappa shape index (κ2) is 8.70. The predicted molar refractivity (Wildman–Crippen MR) is 88.8 cm³/mol. The van der Waals surface area contributed by atoms with Crippen molar-refractivity contribution in [2.24, 2.45) is 0 Å². The van der Waals surface area contributed by atoms with Gasteiger partial charge < -0.3 is 10.1 Å². The average Bonchev–Trinajstić information content (AvgIpc) is 2.54. The summed E-state index contributed by atoms with van der Waals surface area (Å²) in [6.45, 7) is 4.49. The summed E-state index contributed by atoms with van der Waals surface area (Å²) < 4.78 is 5.78. The van der Waals surface area contributed by atoms with Gasteiger partial charge in [-0.2, -0.15) is 0 Å². The SMILES string of the molecule is CCCNCc1cccc(COc2ccc(SC)cc2)n1. The zero-order chi connectivity index (χ0) is 14.9. The van der Waals surface area contributed by atoms with Crippen LogP contribution in [0.2, 0.25) is 0 Å². The zero-order valence-electron chi connectivity index (χ0n) is 12.6. The number of nitrogens with one attached hydrogen (secondary N) is 1. The van der Waals surface area contributed by atoms with Gasteiger partial charge in [0.25, 0.3) is 0 Å². The van der Waals surface area contributed by atoms with Crippen LogP contribution in [0.25, 0.3) is 0 Å². The van der Waals surface area contributed by atoms with E-state index in [9.17, 15) is 0 Å². The Labute approximate surface area is 131 Å². The quantitative estimate of drug-likeness (QED) is 0.593. The maximum atomic E-state index is 5.78. The molecule has 21 heavy (non-hydrogen) atoms. The summed E-state index contributed by atoms with van der Waals surface area (Å²) in [6.07, 6.45) is 3.20. The Morgan fingerprint density at radius 2 is 1.86 bits per heavy atom. The summed E-state index contributed by atoms with van der Waals surface area (Å²) >= 11 is 1.73. The first kappa shape index (κ1) is 15.9. The molecule has 2 aromatic rings. The fourth-order valence-electron chi connectivity index (χ4n) is 1.93. The summed E-state index contributed by atoms with van der Waals surface area (Å²) in [5.74, 6) is 0.879. The molecular weight excluding hydrogens is 280 g/mol. The molecule has 0 saturated carbocycles. The van der Waals surface area contributed by atoms with Gasteiger partial charge in [-0.3, -0.25) is 4.98 Å². The van der Waals surface area contributed by atoms with Crippen molar-refractivity contribution < 1.29 is 4.74 Å². The Hall–Kier alpha value is -1.52.